The highest BCUT2D eigenvalue weighted by atomic mass is 35.5. The Labute approximate surface area is 146 Å². The lowest BCUT2D eigenvalue weighted by Crippen LogP contribution is -2.33. The first kappa shape index (κ1) is 17.0. The minimum Gasteiger partial charge on any atom is -0.344 e. The number of nitrogens with one attached hydrogen (secondary N) is 1. The number of carbonyl (C=O) groups excluding carboxylic acids is 1. The molecule has 1 amide bonds. The molecular formula is C18H22ClN3O2. The van der Waals surface area contributed by atoms with Gasteiger partial charge in [-0.1, -0.05) is 49.2 Å². The first-order chi connectivity index (χ1) is 11.5. The number of hydrogen-bond acceptors (Lipinski definition) is 4. The first-order valence-corrected chi connectivity index (χ1v) is 8.78. The molecule has 128 valence electrons. The fourth-order valence-corrected chi connectivity index (χ4v) is 2.69. The van der Waals surface area contributed by atoms with E-state index in [1.165, 1.54) is 0 Å². The lowest BCUT2D eigenvalue weighted by atomic mass is 9.98. The highest BCUT2D eigenvalue weighted by Crippen LogP contribution is 2.32. The third kappa shape index (κ3) is 3.61. The third-order valence-corrected chi connectivity index (χ3v) is 5.00. The van der Waals surface area contributed by atoms with Crippen molar-refractivity contribution < 1.29 is 9.32 Å². The zero-order valence-corrected chi connectivity index (χ0v) is 14.9. The maximum atomic E-state index is 12.1. The van der Waals surface area contributed by atoms with Crippen LogP contribution in [-0.4, -0.2) is 16.0 Å². The molecule has 1 aromatic heterocycles. The molecule has 6 heteroatoms. The molecular weight excluding hydrogens is 326 g/mol. The van der Waals surface area contributed by atoms with Crippen molar-refractivity contribution in [3.63, 3.8) is 0 Å². The SMILES string of the molecule is CC[C@H](C)[C@@H](NC(=O)C1CC1)c1nc(-c2ccc(C)c(Cl)c2)no1. The lowest BCUT2D eigenvalue weighted by molar-refractivity contribution is -0.123. The van der Waals surface area contributed by atoms with Gasteiger partial charge in [0.25, 0.3) is 0 Å². The predicted octanol–water partition coefficient (Wildman–Crippen LogP) is 4.31. The van der Waals surface area contributed by atoms with E-state index in [-0.39, 0.29) is 23.8 Å². The van der Waals surface area contributed by atoms with Crippen LogP contribution in [0, 0.1) is 18.8 Å². The van der Waals surface area contributed by atoms with Crippen LogP contribution in [0.2, 0.25) is 5.02 Å². The van der Waals surface area contributed by atoms with Crippen molar-refractivity contribution >= 4 is 17.5 Å². The number of carbonyl (C=O) groups is 1. The van der Waals surface area contributed by atoms with Crippen LogP contribution in [0.3, 0.4) is 0 Å². The predicted molar refractivity (Wildman–Crippen MR) is 92.5 cm³/mol. The van der Waals surface area contributed by atoms with E-state index >= 15 is 0 Å². The summed E-state index contributed by atoms with van der Waals surface area (Å²) in [5.41, 5.74) is 1.80. The maximum absolute atomic E-state index is 12.1. The van der Waals surface area contributed by atoms with Gasteiger partial charge in [-0.3, -0.25) is 4.79 Å². The van der Waals surface area contributed by atoms with Gasteiger partial charge in [-0.2, -0.15) is 4.98 Å². The Kier molecular flexibility index (Phi) is 4.90. The molecule has 0 aliphatic heterocycles. The summed E-state index contributed by atoms with van der Waals surface area (Å²) >= 11 is 6.17. The summed E-state index contributed by atoms with van der Waals surface area (Å²) in [4.78, 5) is 16.7. The number of hydrogen-bond donors (Lipinski definition) is 1. The van der Waals surface area contributed by atoms with Crippen LogP contribution in [-0.2, 0) is 4.79 Å². The molecule has 0 saturated heterocycles. The largest absolute Gasteiger partial charge is 0.344 e. The summed E-state index contributed by atoms with van der Waals surface area (Å²) in [5, 5.41) is 7.80. The van der Waals surface area contributed by atoms with Crippen LogP contribution >= 0.6 is 11.6 Å². The van der Waals surface area contributed by atoms with Gasteiger partial charge in [-0.15, -0.1) is 0 Å². The summed E-state index contributed by atoms with van der Waals surface area (Å²) in [6, 6.07) is 5.41. The summed E-state index contributed by atoms with van der Waals surface area (Å²) < 4.78 is 5.46. The van der Waals surface area contributed by atoms with E-state index in [9.17, 15) is 4.79 Å². The zero-order valence-electron chi connectivity index (χ0n) is 14.2. The van der Waals surface area contributed by atoms with E-state index < -0.39 is 0 Å². The van der Waals surface area contributed by atoms with Crippen LogP contribution < -0.4 is 5.32 Å². The van der Waals surface area contributed by atoms with Crippen molar-refractivity contribution in [2.45, 2.75) is 46.1 Å². The summed E-state index contributed by atoms with van der Waals surface area (Å²) in [5.74, 6) is 1.38. The van der Waals surface area contributed by atoms with Crippen molar-refractivity contribution in [2.75, 3.05) is 0 Å². The molecule has 1 aliphatic carbocycles. The molecule has 1 aromatic carbocycles. The Bertz CT molecular complexity index is 740. The van der Waals surface area contributed by atoms with Crippen LogP contribution in [0.4, 0.5) is 0 Å². The number of amides is 1. The number of nitrogens with zero attached hydrogens (tertiary/aromatic N) is 2. The lowest BCUT2D eigenvalue weighted by Gasteiger charge is -2.20. The molecule has 0 spiro atoms. The molecule has 2 aromatic rings. The molecule has 1 saturated carbocycles. The first-order valence-electron chi connectivity index (χ1n) is 8.40. The number of halogens is 1. The van der Waals surface area contributed by atoms with Crippen molar-refractivity contribution in [3.8, 4) is 11.4 Å². The molecule has 2 atom stereocenters. The normalized spacial score (nSPS) is 16.7. The van der Waals surface area contributed by atoms with Crippen molar-refractivity contribution in [1.29, 1.82) is 0 Å². The van der Waals surface area contributed by atoms with Crippen LogP contribution in [0.15, 0.2) is 22.7 Å². The number of rotatable bonds is 6. The number of aryl methyl sites for hydroxylation is 1. The molecule has 3 rings (SSSR count). The fraction of sp³-hybridized carbons (Fsp3) is 0.500. The quantitative estimate of drug-likeness (QED) is 0.845. The van der Waals surface area contributed by atoms with Gasteiger partial charge in [0.05, 0.1) is 0 Å². The van der Waals surface area contributed by atoms with Gasteiger partial charge in [0.2, 0.25) is 17.6 Å². The molecule has 1 fully saturated rings. The Morgan fingerprint density at radius 2 is 2.21 bits per heavy atom. The Hall–Kier alpha value is -1.88. The van der Waals surface area contributed by atoms with Gasteiger partial charge < -0.3 is 9.84 Å². The molecule has 0 radical (unpaired) electrons. The fourth-order valence-electron chi connectivity index (χ4n) is 2.51. The molecule has 1 aliphatic rings. The van der Waals surface area contributed by atoms with Gasteiger partial charge in [-0.25, -0.2) is 0 Å². The minimum atomic E-state index is -0.259. The second-order valence-electron chi connectivity index (χ2n) is 6.57. The maximum Gasteiger partial charge on any atom is 0.249 e. The highest BCUT2D eigenvalue weighted by Gasteiger charge is 2.34. The van der Waals surface area contributed by atoms with E-state index in [1.807, 2.05) is 25.1 Å². The second kappa shape index (κ2) is 6.93. The summed E-state index contributed by atoms with van der Waals surface area (Å²) in [6.45, 7) is 6.10. The number of aromatic nitrogens is 2. The van der Waals surface area contributed by atoms with Gasteiger partial charge in [0.1, 0.15) is 6.04 Å². The van der Waals surface area contributed by atoms with E-state index in [0.717, 1.165) is 30.4 Å². The zero-order chi connectivity index (χ0) is 17.3. The Morgan fingerprint density at radius 3 is 2.83 bits per heavy atom. The van der Waals surface area contributed by atoms with E-state index in [4.69, 9.17) is 16.1 Å². The molecule has 24 heavy (non-hydrogen) atoms. The van der Waals surface area contributed by atoms with Crippen molar-refractivity contribution in [3.05, 3.63) is 34.7 Å². The molecule has 0 bridgehead atoms. The van der Waals surface area contributed by atoms with Crippen LogP contribution in [0.25, 0.3) is 11.4 Å². The molecule has 1 N–H and O–H groups in total. The topological polar surface area (TPSA) is 68.0 Å². The smallest absolute Gasteiger partial charge is 0.249 e. The molecule has 5 nitrogen and oxygen atoms in total. The Balaban J connectivity index is 1.84. The molecule has 1 heterocycles. The monoisotopic (exact) mass is 347 g/mol. The summed E-state index contributed by atoms with van der Waals surface area (Å²) in [7, 11) is 0. The summed E-state index contributed by atoms with van der Waals surface area (Å²) in [6.07, 6.45) is 2.84. The average molecular weight is 348 g/mol. The van der Waals surface area contributed by atoms with Gasteiger partial charge in [0.15, 0.2) is 0 Å². The van der Waals surface area contributed by atoms with Crippen LogP contribution in [0.5, 0.6) is 0 Å². The van der Waals surface area contributed by atoms with E-state index in [0.29, 0.717) is 16.7 Å². The van der Waals surface area contributed by atoms with E-state index in [1.54, 1.807) is 0 Å². The molecule has 0 unspecified atom stereocenters. The average Bonchev–Trinajstić information content (AvgIpc) is 3.32. The number of benzene rings is 1. The third-order valence-electron chi connectivity index (χ3n) is 4.60. The van der Waals surface area contributed by atoms with Gasteiger partial charge in [-0.05, 0) is 37.3 Å². The van der Waals surface area contributed by atoms with Crippen LogP contribution in [0.1, 0.15) is 50.6 Å². The minimum absolute atomic E-state index is 0.0819. The standard InChI is InChI=1S/C18H22ClN3O2/c1-4-10(2)15(20-17(23)12-7-8-12)18-21-16(22-24-18)13-6-5-11(3)14(19)9-13/h5-6,9-10,12,15H,4,7-8H2,1-3H3,(H,20,23)/t10-,15+/m0/s1. The van der Waals surface area contributed by atoms with Gasteiger partial charge in [0, 0.05) is 16.5 Å². The Morgan fingerprint density at radius 1 is 1.46 bits per heavy atom. The highest BCUT2D eigenvalue weighted by molar-refractivity contribution is 6.31. The van der Waals surface area contributed by atoms with Crippen molar-refractivity contribution in [1.82, 2.24) is 15.5 Å². The van der Waals surface area contributed by atoms with E-state index in [2.05, 4.69) is 29.3 Å². The van der Waals surface area contributed by atoms with Crippen molar-refractivity contribution in [2.24, 2.45) is 11.8 Å². The second-order valence-corrected chi connectivity index (χ2v) is 6.97. The van der Waals surface area contributed by atoms with Gasteiger partial charge >= 0.3 is 0 Å².